The van der Waals surface area contributed by atoms with Gasteiger partial charge in [-0.3, -0.25) is 19.8 Å². The molecule has 0 aromatic carbocycles. The van der Waals surface area contributed by atoms with Gasteiger partial charge < -0.3 is 4.52 Å². The molecule has 2 aromatic rings. The van der Waals surface area contributed by atoms with Gasteiger partial charge in [0.15, 0.2) is 5.82 Å². The van der Waals surface area contributed by atoms with Crippen LogP contribution in [0.5, 0.6) is 0 Å². The van der Waals surface area contributed by atoms with E-state index in [1.165, 1.54) is 0 Å². The molecule has 7 heteroatoms. The van der Waals surface area contributed by atoms with Gasteiger partial charge >= 0.3 is 0 Å². The molecule has 3 heterocycles. The standard InChI is InChI=1S/C16H24N6O/c1-4-15-19-16(23-20-15)13(3)22-7-5-21(6-8-22)11-14-10-17-12(2)9-18-14/h9-10,13H,4-8,11H2,1-3H3/t13-/m1/s1. The van der Waals surface area contributed by atoms with Gasteiger partial charge in [0, 0.05) is 51.5 Å². The van der Waals surface area contributed by atoms with Crippen LogP contribution in [-0.4, -0.2) is 56.1 Å². The van der Waals surface area contributed by atoms with Crippen LogP contribution in [0.4, 0.5) is 0 Å². The number of nitrogens with zero attached hydrogens (tertiary/aromatic N) is 6. The molecule has 23 heavy (non-hydrogen) atoms. The van der Waals surface area contributed by atoms with Gasteiger partial charge in [-0.05, 0) is 13.8 Å². The van der Waals surface area contributed by atoms with E-state index in [0.29, 0.717) is 0 Å². The Balaban J connectivity index is 1.52. The van der Waals surface area contributed by atoms with Crippen molar-refractivity contribution in [2.75, 3.05) is 26.2 Å². The molecule has 2 aromatic heterocycles. The normalized spacial score (nSPS) is 18.2. The maximum Gasteiger partial charge on any atom is 0.243 e. The summed E-state index contributed by atoms with van der Waals surface area (Å²) in [5.41, 5.74) is 1.99. The van der Waals surface area contributed by atoms with Crippen molar-refractivity contribution in [3.05, 3.63) is 35.5 Å². The van der Waals surface area contributed by atoms with Crippen LogP contribution in [-0.2, 0) is 13.0 Å². The predicted molar refractivity (Wildman–Crippen MR) is 85.7 cm³/mol. The monoisotopic (exact) mass is 316 g/mol. The molecule has 1 fully saturated rings. The number of hydrogen-bond donors (Lipinski definition) is 0. The minimum atomic E-state index is 0.170. The van der Waals surface area contributed by atoms with Crippen LogP contribution < -0.4 is 0 Å². The molecule has 0 N–H and O–H groups in total. The predicted octanol–water partition coefficient (Wildman–Crippen LogP) is 1.61. The van der Waals surface area contributed by atoms with E-state index in [0.717, 1.165) is 62.2 Å². The number of aryl methyl sites for hydroxylation is 2. The van der Waals surface area contributed by atoms with E-state index in [9.17, 15) is 0 Å². The summed E-state index contributed by atoms with van der Waals surface area (Å²) in [4.78, 5) is 18.0. The van der Waals surface area contributed by atoms with Crippen LogP contribution in [0.25, 0.3) is 0 Å². The Bertz CT molecular complexity index is 618. The van der Waals surface area contributed by atoms with E-state index in [1.54, 1.807) is 0 Å². The van der Waals surface area contributed by atoms with Gasteiger partial charge in [-0.25, -0.2) is 0 Å². The first-order valence-corrected chi connectivity index (χ1v) is 8.22. The Morgan fingerprint density at radius 1 is 1.17 bits per heavy atom. The number of rotatable bonds is 5. The highest BCUT2D eigenvalue weighted by Crippen LogP contribution is 2.20. The van der Waals surface area contributed by atoms with Crippen molar-refractivity contribution in [2.45, 2.75) is 39.8 Å². The third-order valence-corrected chi connectivity index (χ3v) is 4.33. The van der Waals surface area contributed by atoms with Gasteiger partial charge in [-0.15, -0.1) is 0 Å². The van der Waals surface area contributed by atoms with Crippen molar-refractivity contribution in [2.24, 2.45) is 0 Å². The van der Waals surface area contributed by atoms with Crippen LogP contribution in [0.15, 0.2) is 16.9 Å². The zero-order valence-electron chi connectivity index (χ0n) is 14.1. The zero-order chi connectivity index (χ0) is 16.2. The Hall–Kier alpha value is -1.86. The van der Waals surface area contributed by atoms with Gasteiger partial charge in [-0.1, -0.05) is 12.1 Å². The molecule has 124 valence electrons. The van der Waals surface area contributed by atoms with E-state index in [4.69, 9.17) is 4.52 Å². The third kappa shape index (κ3) is 3.92. The lowest BCUT2D eigenvalue weighted by atomic mass is 10.2. The molecule has 0 bridgehead atoms. The topological polar surface area (TPSA) is 71.2 Å². The molecule has 1 atom stereocenters. The van der Waals surface area contributed by atoms with Gasteiger partial charge in [0.2, 0.25) is 5.89 Å². The van der Waals surface area contributed by atoms with Crippen molar-refractivity contribution in [1.82, 2.24) is 29.9 Å². The maximum atomic E-state index is 5.37. The number of aromatic nitrogens is 4. The SMILES string of the molecule is CCc1noc([C@@H](C)N2CCN(Cc3cnc(C)cn3)CC2)n1. The molecule has 0 amide bonds. The summed E-state index contributed by atoms with van der Waals surface area (Å²) in [7, 11) is 0. The van der Waals surface area contributed by atoms with Crippen molar-refractivity contribution < 1.29 is 4.52 Å². The molecule has 0 saturated carbocycles. The molecule has 0 unspecified atom stereocenters. The Kier molecular flexibility index (Phi) is 4.97. The van der Waals surface area contributed by atoms with Gasteiger partial charge in [-0.2, -0.15) is 4.98 Å². The molecule has 1 aliphatic heterocycles. The summed E-state index contributed by atoms with van der Waals surface area (Å²) in [6, 6.07) is 0.170. The lowest BCUT2D eigenvalue weighted by Crippen LogP contribution is -2.46. The van der Waals surface area contributed by atoms with Crippen LogP contribution >= 0.6 is 0 Å². The van der Waals surface area contributed by atoms with E-state index < -0.39 is 0 Å². The Morgan fingerprint density at radius 2 is 1.96 bits per heavy atom. The first-order chi connectivity index (χ1) is 11.2. The van der Waals surface area contributed by atoms with Crippen molar-refractivity contribution in [3.8, 4) is 0 Å². The Morgan fingerprint density at radius 3 is 2.57 bits per heavy atom. The van der Waals surface area contributed by atoms with Crippen molar-refractivity contribution in [3.63, 3.8) is 0 Å². The third-order valence-electron chi connectivity index (χ3n) is 4.33. The van der Waals surface area contributed by atoms with Gasteiger partial charge in [0.05, 0.1) is 17.4 Å². The fourth-order valence-corrected chi connectivity index (χ4v) is 2.78. The summed E-state index contributed by atoms with van der Waals surface area (Å²) in [5, 5.41) is 3.99. The van der Waals surface area contributed by atoms with Gasteiger partial charge in [0.1, 0.15) is 0 Å². The summed E-state index contributed by atoms with van der Waals surface area (Å²) in [5.74, 6) is 1.50. The van der Waals surface area contributed by atoms with Crippen LogP contribution in [0, 0.1) is 6.92 Å². The summed E-state index contributed by atoms with van der Waals surface area (Å²) < 4.78 is 5.37. The molecule has 7 nitrogen and oxygen atoms in total. The smallest absolute Gasteiger partial charge is 0.243 e. The summed E-state index contributed by atoms with van der Waals surface area (Å²) in [6.45, 7) is 11.0. The van der Waals surface area contributed by atoms with Crippen LogP contribution in [0.1, 0.15) is 43.0 Å². The minimum absolute atomic E-state index is 0.170. The van der Waals surface area contributed by atoms with Gasteiger partial charge in [0.25, 0.3) is 0 Å². The number of piperazine rings is 1. The fourth-order valence-electron chi connectivity index (χ4n) is 2.78. The quantitative estimate of drug-likeness (QED) is 0.830. The molecular formula is C16H24N6O. The summed E-state index contributed by atoms with van der Waals surface area (Å²) >= 11 is 0. The number of hydrogen-bond acceptors (Lipinski definition) is 7. The minimum Gasteiger partial charge on any atom is -0.338 e. The second-order valence-electron chi connectivity index (χ2n) is 6.04. The van der Waals surface area contributed by atoms with Crippen molar-refractivity contribution >= 4 is 0 Å². The lowest BCUT2D eigenvalue weighted by Gasteiger charge is -2.36. The van der Waals surface area contributed by atoms with Crippen LogP contribution in [0.3, 0.4) is 0 Å². The van der Waals surface area contributed by atoms with E-state index in [-0.39, 0.29) is 6.04 Å². The summed E-state index contributed by atoms with van der Waals surface area (Å²) in [6.07, 6.45) is 4.51. The van der Waals surface area contributed by atoms with Crippen LogP contribution in [0.2, 0.25) is 0 Å². The van der Waals surface area contributed by atoms with E-state index in [2.05, 4.69) is 36.8 Å². The molecular weight excluding hydrogens is 292 g/mol. The average Bonchev–Trinajstić information content (AvgIpc) is 3.06. The zero-order valence-corrected chi connectivity index (χ0v) is 14.1. The molecule has 0 aliphatic carbocycles. The molecule has 1 saturated heterocycles. The average molecular weight is 316 g/mol. The lowest BCUT2D eigenvalue weighted by molar-refractivity contribution is 0.0838. The molecule has 0 spiro atoms. The highest BCUT2D eigenvalue weighted by molar-refractivity contribution is 5.01. The maximum absolute atomic E-state index is 5.37. The molecule has 3 rings (SSSR count). The highest BCUT2D eigenvalue weighted by atomic mass is 16.5. The van der Waals surface area contributed by atoms with E-state index >= 15 is 0 Å². The van der Waals surface area contributed by atoms with E-state index in [1.807, 2.05) is 26.2 Å². The molecule has 0 radical (unpaired) electrons. The first kappa shape index (κ1) is 16.0. The first-order valence-electron chi connectivity index (χ1n) is 8.22. The second-order valence-corrected chi connectivity index (χ2v) is 6.04. The Labute approximate surface area is 136 Å². The highest BCUT2D eigenvalue weighted by Gasteiger charge is 2.25. The fraction of sp³-hybridized carbons (Fsp3) is 0.625. The second kappa shape index (κ2) is 7.14. The largest absolute Gasteiger partial charge is 0.338 e. The molecule has 1 aliphatic rings. The van der Waals surface area contributed by atoms with Crippen molar-refractivity contribution in [1.29, 1.82) is 0 Å².